The van der Waals surface area contributed by atoms with Gasteiger partial charge in [0.25, 0.3) is 0 Å². The number of amides is 3. The van der Waals surface area contributed by atoms with Crippen molar-refractivity contribution in [2.75, 3.05) is 23.1 Å². The van der Waals surface area contributed by atoms with Crippen LogP contribution < -0.4 is 20.7 Å². The van der Waals surface area contributed by atoms with Crippen LogP contribution in [0.3, 0.4) is 0 Å². The standard InChI is InChI=1S/C24H20F3N5O4/c1-36-20-6-5-15(24(25,26)27)12-18(20)30-22(33)29-17-3-2-4-19-16(17)8-10-32(19)13-14-7-9-28-21(11-14)31-23(34)35/h2-12H,13H2,1H3,(H,28,31)(H,34,35)(H2,29,30,33). The van der Waals surface area contributed by atoms with Crippen LogP contribution in [0.4, 0.5) is 40.0 Å². The smallest absolute Gasteiger partial charge is 0.416 e. The minimum atomic E-state index is -4.58. The lowest BCUT2D eigenvalue weighted by molar-refractivity contribution is -0.137. The zero-order valence-corrected chi connectivity index (χ0v) is 18.8. The first kappa shape index (κ1) is 24.4. The lowest BCUT2D eigenvalue weighted by Gasteiger charge is -2.14. The Labute approximate surface area is 202 Å². The number of halogens is 3. The highest BCUT2D eigenvalue weighted by molar-refractivity contribution is 6.06. The van der Waals surface area contributed by atoms with Gasteiger partial charge in [0, 0.05) is 24.3 Å². The lowest BCUT2D eigenvalue weighted by Crippen LogP contribution is -2.20. The van der Waals surface area contributed by atoms with Gasteiger partial charge in [0.15, 0.2) is 0 Å². The van der Waals surface area contributed by atoms with Crippen LogP contribution in [0.5, 0.6) is 5.75 Å². The molecule has 0 spiro atoms. The van der Waals surface area contributed by atoms with Crippen molar-refractivity contribution >= 4 is 40.2 Å². The number of ether oxygens (including phenoxy) is 1. The predicted octanol–water partition coefficient (Wildman–Crippen LogP) is 5.85. The van der Waals surface area contributed by atoms with Crippen LogP contribution in [0, 0.1) is 0 Å². The van der Waals surface area contributed by atoms with E-state index in [2.05, 4.69) is 20.9 Å². The zero-order chi connectivity index (χ0) is 25.9. The highest BCUT2D eigenvalue weighted by atomic mass is 19.4. The van der Waals surface area contributed by atoms with Crippen molar-refractivity contribution in [3.63, 3.8) is 0 Å². The maximum atomic E-state index is 13.1. The number of fused-ring (bicyclic) bond motifs is 1. The summed E-state index contributed by atoms with van der Waals surface area (Å²) in [5.74, 6) is 0.275. The van der Waals surface area contributed by atoms with E-state index in [1.165, 1.54) is 13.3 Å². The first-order chi connectivity index (χ1) is 17.1. The van der Waals surface area contributed by atoms with Gasteiger partial charge in [-0.05, 0) is 54.1 Å². The fourth-order valence-corrected chi connectivity index (χ4v) is 3.68. The van der Waals surface area contributed by atoms with Crippen LogP contribution in [-0.4, -0.2) is 33.9 Å². The molecule has 3 amide bonds. The summed E-state index contributed by atoms with van der Waals surface area (Å²) in [5.41, 5.74) is 0.958. The number of benzene rings is 2. The summed E-state index contributed by atoms with van der Waals surface area (Å²) in [6, 6.07) is 12.4. The zero-order valence-electron chi connectivity index (χ0n) is 18.8. The number of anilines is 3. The molecule has 0 atom stereocenters. The van der Waals surface area contributed by atoms with E-state index in [4.69, 9.17) is 9.84 Å². The molecule has 0 bridgehead atoms. The first-order valence-electron chi connectivity index (χ1n) is 10.5. The number of methoxy groups -OCH3 is 1. The number of nitrogens with zero attached hydrogens (tertiary/aromatic N) is 2. The molecule has 0 saturated heterocycles. The van der Waals surface area contributed by atoms with Gasteiger partial charge in [0.2, 0.25) is 0 Å². The Morgan fingerprint density at radius 1 is 1.03 bits per heavy atom. The maximum Gasteiger partial charge on any atom is 0.416 e. The quantitative estimate of drug-likeness (QED) is 0.266. The summed E-state index contributed by atoms with van der Waals surface area (Å²) in [6.45, 7) is 0.400. The molecule has 4 N–H and O–H groups in total. The Bertz CT molecular complexity index is 1440. The Kier molecular flexibility index (Phi) is 6.68. The van der Waals surface area contributed by atoms with Crippen molar-refractivity contribution in [2.24, 2.45) is 0 Å². The number of urea groups is 1. The van der Waals surface area contributed by atoms with E-state index in [1.54, 1.807) is 36.5 Å². The van der Waals surface area contributed by atoms with Crippen molar-refractivity contribution in [1.82, 2.24) is 9.55 Å². The minimum absolute atomic E-state index is 0.0802. The van der Waals surface area contributed by atoms with E-state index in [0.29, 0.717) is 17.6 Å². The molecule has 0 aliphatic carbocycles. The number of carboxylic acid groups (broad SMARTS) is 1. The van der Waals surface area contributed by atoms with E-state index < -0.39 is 23.9 Å². The van der Waals surface area contributed by atoms with Gasteiger partial charge in [0.1, 0.15) is 11.6 Å². The molecular formula is C24H20F3N5O4. The van der Waals surface area contributed by atoms with Gasteiger partial charge in [-0.15, -0.1) is 0 Å². The van der Waals surface area contributed by atoms with Crippen LogP contribution in [0.15, 0.2) is 67.0 Å². The fourth-order valence-electron chi connectivity index (χ4n) is 3.68. The van der Waals surface area contributed by atoms with Gasteiger partial charge in [-0.25, -0.2) is 14.6 Å². The van der Waals surface area contributed by atoms with Gasteiger partial charge < -0.3 is 25.0 Å². The number of hydrogen-bond acceptors (Lipinski definition) is 4. The monoisotopic (exact) mass is 499 g/mol. The third-order valence-corrected chi connectivity index (χ3v) is 5.25. The SMILES string of the molecule is COc1ccc(C(F)(F)F)cc1NC(=O)Nc1cccc2c1ccn2Cc1ccnc(NC(=O)O)c1. The summed E-state index contributed by atoms with van der Waals surface area (Å²) < 4.78 is 46.2. The van der Waals surface area contributed by atoms with E-state index in [1.807, 2.05) is 10.6 Å². The molecule has 2 heterocycles. The van der Waals surface area contributed by atoms with Crippen LogP contribution in [-0.2, 0) is 12.7 Å². The molecule has 12 heteroatoms. The third kappa shape index (κ3) is 5.49. The second kappa shape index (κ2) is 9.86. The largest absolute Gasteiger partial charge is 0.495 e. The topological polar surface area (TPSA) is 118 Å². The molecule has 0 saturated carbocycles. The second-order valence-corrected chi connectivity index (χ2v) is 7.65. The number of alkyl halides is 3. The number of carbonyl (C=O) groups excluding carboxylic acids is 1. The Morgan fingerprint density at radius 2 is 1.81 bits per heavy atom. The summed E-state index contributed by atoms with van der Waals surface area (Å²) in [7, 11) is 1.29. The van der Waals surface area contributed by atoms with Crippen LogP contribution >= 0.6 is 0 Å². The first-order valence-corrected chi connectivity index (χ1v) is 10.5. The molecule has 0 unspecified atom stereocenters. The fraction of sp³-hybridized carbons (Fsp3) is 0.125. The normalized spacial score (nSPS) is 11.2. The molecule has 2 aromatic heterocycles. The average molecular weight is 499 g/mol. The molecule has 186 valence electrons. The van der Waals surface area contributed by atoms with E-state index in [0.717, 1.165) is 29.3 Å². The summed E-state index contributed by atoms with van der Waals surface area (Å²) in [6.07, 6.45) is -2.50. The van der Waals surface area contributed by atoms with Crippen molar-refractivity contribution in [1.29, 1.82) is 0 Å². The number of carbonyl (C=O) groups is 2. The minimum Gasteiger partial charge on any atom is -0.495 e. The van der Waals surface area contributed by atoms with Gasteiger partial charge in [-0.1, -0.05) is 6.07 Å². The predicted molar refractivity (Wildman–Crippen MR) is 128 cm³/mol. The highest BCUT2D eigenvalue weighted by Crippen LogP contribution is 2.35. The Hall–Kier alpha value is -4.74. The van der Waals surface area contributed by atoms with Crippen LogP contribution in [0.2, 0.25) is 0 Å². The van der Waals surface area contributed by atoms with Crippen molar-refractivity contribution in [2.45, 2.75) is 12.7 Å². The molecule has 0 radical (unpaired) electrons. The van der Waals surface area contributed by atoms with Gasteiger partial charge in [-0.2, -0.15) is 13.2 Å². The van der Waals surface area contributed by atoms with Crippen LogP contribution in [0.25, 0.3) is 10.9 Å². The Balaban J connectivity index is 1.54. The molecule has 36 heavy (non-hydrogen) atoms. The van der Waals surface area contributed by atoms with E-state index in [-0.39, 0.29) is 17.3 Å². The van der Waals surface area contributed by atoms with Crippen molar-refractivity contribution in [3.8, 4) is 5.75 Å². The van der Waals surface area contributed by atoms with Gasteiger partial charge in [-0.3, -0.25) is 5.32 Å². The molecular weight excluding hydrogens is 479 g/mol. The van der Waals surface area contributed by atoms with E-state index in [9.17, 15) is 22.8 Å². The molecule has 4 rings (SSSR count). The number of hydrogen-bond donors (Lipinski definition) is 4. The summed E-state index contributed by atoms with van der Waals surface area (Å²) in [5, 5.41) is 16.9. The van der Waals surface area contributed by atoms with Gasteiger partial charge >= 0.3 is 18.3 Å². The lowest BCUT2D eigenvalue weighted by atomic mass is 10.1. The van der Waals surface area contributed by atoms with Gasteiger partial charge in [0.05, 0.1) is 29.6 Å². The summed E-state index contributed by atoms with van der Waals surface area (Å²) >= 11 is 0. The number of aromatic nitrogens is 2. The molecule has 0 fully saturated rings. The van der Waals surface area contributed by atoms with Crippen LogP contribution in [0.1, 0.15) is 11.1 Å². The maximum absolute atomic E-state index is 13.1. The van der Waals surface area contributed by atoms with E-state index >= 15 is 0 Å². The Morgan fingerprint density at radius 3 is 2.53 bits per heavy atom. The van der Waals surface area contributed by atoms with Crippen molar-refractivity contribution in [3.05, 3.63) is 78.1 Å². The molecule has 2 aromatic carbocycles. The molecule has 0 aliphatic heterocycles. The number of nitrogens with one attached hydrogen (secondary N) is 3. The third-order valence-electron chi connectivity index (χ3n) is 5.25. The van der Waals surface area contributed by atoms with Crippen molar-refractivity contribution < 1.29 is 32.6 Å². The highest BCUT2D eigenvalue weighted by Gasteiger charge is 2.31. The second-order valence-electron chi connectivity index (χ2n) is 7.65. The average Bonchev–Trinajstić information content (AvgIpc) is 3.22. The molecule has 9 nitrogen and oxygen atoms in total. The summed E-state index contributed by atoms with van der Waals surface area (Å²) in [4.78, 5) is 27.5. The molecule has 0 aliphatic rings. The number of pyridine rings is 1. The number of rotatable bonds is 6. The molecule has 4 aromatic rings.